The normalized spacial score (nSPS) is 19.0. The number of hydrogen-bond acceptors (Lipinski definition) is 19. The zero-order valence-electron chi connectivity index (χ0n) is 57.0. The number of nitrogens with one attached hydrogen (secondary N) is 4. The number of Topliss-reactive ketones (excluding diaryl/α,β-unsaturated/α-hetero) is 2. The number of esters is 2. The molecular formula is C69H93N7O18. The summed E-state index contributed by atoms with van der Waals surface area (Å²) in [5, 5.41) is 10.7. The van der Waals surface area contributed by atoms with Crippen molar-refractivity contribution >= 4 is 59.3 Å². The molecule has 6 amide bonds. The van der Waals surface area contributed by atoms with Gasteiger partial charge in [0.2, 0.25) is 23.6 Å². The Morgan fingerprint density at radius 3 is 1.21 bits per heavy atom. The summed E-state index contributed by atoms with van der Waals surface area (Å²) in [6.07, 6.45) is -1.03. The Labute approximate surface area is 550 Å². The molecule has 25 nitrogen and oxygen atoms in total. The first-order valence-corrected chi connectivity index (χ1v) is 30.9. The Morgan fingerprint density at radius 1 is 0.521 bits per heavy atom. The number of carbonyl (C=O) groups is 10. The van der Waals surface area contributed by atoms with Crippen molar-refractivity contribution in [2.75, 3.05) is 69.8 Å². The summed E-state index contributed by atoms with van der Waals surface area (Å²) in [5.41, 5.74) is 9.76. The van der Waals surface area contributed by atoms with E-state index in [-0.39, 0.29) is 56.9 Å². The predicted octanol–water partition coefficient (Wildman–Crippen LogP) is 7.15. The van der Waals surface area contributed by atoms with Crippen LogP contribution in [-0.4, -0.2) is 168 Å². The quantitative estimate of drug-likeness (QED) is 0.0549. The second kappa shape index (κ2) is 33.5. The molecule has 0 saturated heterocycles. The summed E-state index contributed by atoms with van der Waals surface area (Å²) < 4.78 is 43.2. The van der Waals surface area contributed by atoms with Gasteiger partial charge in [0.1, 0.15) is 58.4 Å². The SMILES string of the molecule is COC(=O)[C@@H]1Cc2ccc(OC)c(c2)-c2cc(ccc2OC)[C@H](N(C)C(=O)[C@@H](C)CCNC(=O)OC(C)(C)C)C(=O)C[C@@H](C)C(=O)N1.COC(=O)[C@@H]1Cc2ccc(OC)c(c2)-c2cc(ccc2OC)[C@H](N(C)C(=O)[C@@H](N)CCNC(=O)OC(C)(C)C)C(=O)C[C@@H](C)C(=O)N1. The van der Waals surface area contributed by atoms with Gasteiger partial charge in [0.05, 0.1) is 48.7 Å². The van der Waals surface area contributed by atoms with Crippen molar-refractivity contribution in [1.82, 2.24) is 31.1 Å². The monoisotopic (exact) mass is 1310 g/mol. The second-order valence-corrected chi connectivity index (χ2v) is 25.4. The first-order valence-electron chi connectivity index (χ1n) is 30.9. The maximum atomic E-state index is 14.1. The lowest BCUT2D eigenvalue weighted by Crippen LogP contribution is -2.48. The van der Waals surface area contributed by atoms with Crippen molar-refractivity contribution in [1.29, 1.82) is 0 Å². The first kappa shape index (κ1) is 75.5. The van der Waals surface area contributed by atoms with Crippen molar-refractivity contribution < 1.29 is 85.8 Å². The maximum absolute atomic E-state index is 14.1. The van der Waals surface area contributed by atoms with E-state index < -0.39 is 107 Å². The zero-order valence-corrected chi connectivity index (χ0v) is 57.0. The van der Waals surface area contributed by atoms with Crippen LogP contribution in [0.25, 0.3) is 22.3 Å². The number of ketones is 2. The van der Waals surface area contributed by atoms with Gasteiger partial charge in [-0.1, -0.05) is 45.0 Å². The van der Waals surface area contributed by atoms with Gasteiger partial charge in [-0.15, -0.1) is 0 Å². The topological polar surface area (TPSA) is 325 Å². The molecule has 94 heavy (non-hydrogen) atoms. The highest BCUT2D eigenvalue weighted by molar-refractivity contribution is 5.97. The van der Waals surface area contributed by atoms with Crippen LogP contribution in [-0.2, 0) is 70.1 Å². The van der Waals surface area contributed by atoms with E-state index in [1.165, 1.54) is 59.5 Å². The number of methoxy groups -OCH3 is 6. The second-order valence-electron chi connectivity index (χ2n) is 25.4. The molecule has 8 atom stereocenters. The molecule has 8 bridgehead atoms. The van der Waals surface area contributed by atoms with E-state index in [1.807, 2.05) is 12.1 Å². The molecular weight excluding hydrogens is 1210 g/mol. The van der Waals surface area contributed by atoms with E-state index >= 15 is 0 Å². The lowest BCUT2D eigenvalue weighted by Gasteiger charge is -2.31. The summed E-state index contributed by atoms with van der Waals surface area (Å²) in [5.74, 6) is -4.18. The molecule has 0 saturated carbocycles. The number of nitrogens with two attached hydrogens (primary N) is 1. The summed E-state index contributed by atoms with van der Waals surface area (Å²) in [7, 11) is 11.6. The fourth-order valence-corrected chi connectivity index (χ4v) is 10.9. The number of nitrogens with zero attached hydrogens (tertiary/aromatic N) is 2. The van der Waals surface area contributed by atoms with Gasteiger partial charge in [-0.05, 0) is 125 Å². The molecule has 2 aliphatic heterocycles. The van der Waals surface area contributed by atoms with Crippen molar-refractivity contribution in [3.8, 4) is 45.3 Å². The van der Waals surface area contributed by atoms with Gasteiger partial charge in [-0.25, -0.2) is 19.2 Å². The standard InChI is InChI=1S/C35H47N3O9.C34H46N4O9/c1-20(14-15-36-34(43)47-35(3,4)5)32(41)38(6)30-23-11-13-29(45-8)25(19-23)24-17-22(10-12-28(24)44-7)18-26(33(42)46-9)37-31(40)21(2)16-27(30)39;1-19-15-26(39)29(38(5)31(41)24(35)13-14-36-33(43)47-34(2,3)4)21-10-12-28(45-7)23(18-21)22-16-20(9-11-27(22)44-6)17-25(32(42)46-8)37-30(19)40/h10-13,17,19-21,26,30H,14-16,18H2,1-9H3,(H,36,43)(H,37,40);9-12,16,18-19,24-25,29H,13-15,17,35H2,1-8H3,(H,36,43)(H,37,40)/t20-,21+,26-,30-;19-,24+,25+,29+/m01/s1. The van der Waals surface area contributed by atoms with Gasteiger partial charge in [0.25, 0.3) is 0 Å². The third-order valence-corrected chi connectivity index (χ3v) is 15.8. The average Bonchev–Trinajstić information content (AvgIpc) is 0.937. The smallest absolute Gasteiger partial charge is 0.407 e. The van der Waals surface area contributed by atoms with E-state index in [0.717, 1.165) is 5.56 Å². The molecule has 4 aromatic carbocycles. The number of fused-ring (bicyclic) bond motifs is 10. The van der Waals surface area contributed by atoms with E-state index in [2.05, 4.69) is 21.3 Å². The highest BCUT2D eigenvalue weighted by Gasteiger charge is 2.38. The molecule has 0 aromatic heterocycles. The number of alkyl carbamates (subject to hydrolysis) is 2. The number of amides is 6. The number of carbonyl (C=O) groups excluding carboxylic acids is 10. The molecule has 0 fully saturated rings. The van der Waals surface area contributed by atoms with Crippen LogP contribution < -0.4 is 45.9 Å². The van der Waals surface area contributed by atoms with Crippen LogP contribution in [0.3, 0.4) is 0 Å². The van der Waals surface area contributed by atoms with Crippen molar-refractivity contribution in [3.63, 3.8) is 0 Å². The highest BCUT2D eigenvalue weighted by atomic mass is 16.6. The molecule has 25 heteroatoms. The van der Waals surface area contributed by atoms with Crippen LogP contribution in [0.4, 0.5) is 9.59 Å². The Bertz CT molecular complexity index is 3190. The average molecular weight is 1310 g/mol. The summed E-state index contributed by atoms with van der Waals surface area (Å²) in [6, 6.07) is 15.8. The molecule has 0 unspecified atom stereocenters. The van der Waals surface area contributed by atoms with Gasteiger partial charge >= 0.3 is 24.1 Å². The fourth-order valence-electron chi connectivity index (χ4n) is 10.9. The molecule has 0 spiro atoms. The van der Waals surface area contributed by atoms with Crippen molar-refractivity contribution in [2.45, 2.75) is 142 Å². The summed E-state index contributed by atoms with van der Waals surface area (Å²) >= 11 is 0. The van der Waals surface area contributed by atoms with Crippen LogP contribution in [0.2, 0.25) is 0 Å². The molecule has 512 valence electrons. The van der Waals surface area contributed by atoms with Crippen LogP contribution in [0.5, 0.6) is 23.0 Å². The predicted molar refractivity (Wildman–Crippen MR) is 349 cm³/mol. The molecule has 6 N–H and O–H groups in total. The van der Waals surface area contributed by atoms with Crippen LogP contribution in [0.1, 0.15) is 122 Å². The maximum Gasteiger partial charge on any atom is 0.407 e. The van der Waals surface area contributed by atoms with Gasteiger partial charge < -0.3 is 74.7 Å². The minimum Gasteiger partial charge on any atom is -0.496 e. The van der Waals surface area contributed by atoms with E-state index in [0.29, 0.717) is 68.4 Å². The minimum absolute atomic E-state index is 0.0651. The lowest BCUT2D eigenvalue weighted by atomic mass is 9.89. The molecule has 0 radical (unpaired) electrons. The third kappa shape index (κ3) is 20.4. The molecule has 0 aliphatic carbocycles. The first-order chi connectivity index (χ1) is 44.2. The van der Waals surface area contributed by atoms with E-state index in [4.69, 9.17) is 43.6 Å². The number of ether oxygens (including phenoxy) is 8. The van der Waals surface area contributed by atoms with Gasteiger partial charge in [-0.2, -0.15) is 0 Å². The molecule has 2 aliphatic rings. The lowest BCUT2D eigenvalue weighted by molar-refractivity contribution is -0.146. The number of likely N-dealkylation sites (N-methyl/N-ethyl adjacent to an activating group) is 2. The minimum atomic E-state index is -1.14. The Kier molecular flexibility index (Phi) is 26.9. The number of benzene rings is 4. The van der Waals surface area contributed by atoms with Crippen LogP contribution in [0, 0.1) is 17.8 Å². The molecule has 2 heterocycles. The van der Waals surface area contributed by atoms with Crippen molar-refractivity contribution in [3.05, 3.63) is 95.1 Å². The molecule has 4 aromatic rings. The molecule has 6 rings (SSSR count). The number of hydrogen-bond donors (Lipinski definition) is 5. The van der Waals surface area contributed by atoms with Crippen molar-refractivity contribution in [2.24, 2.45) is 23.5 Å². The van der Waals surface area contributed by atoms with Crippen LogP contribution >= 0.6 is 0 Å². The van der Waals surface area contributed by atoms with Gasteiger partial charge in [0, 0.05) is 92.9 Å². The van der Waals surface area contributed by atoms with Gasteiger partial charge in [-0.3, -0.25) is 28.8 Å². The zero-order chi connectivity index (χ0) is 70.1. The summed E-state index contributed by atoms with van der Waals surface area (Å²) in [4.78, 5) is 134. The van der Waals surface area contributed by atoms with Crippen LogP contribution in [0.15, 0.2) is 72.8 Å². The third-order valence-electron chi connectivity index (χ3n) is 15.8. The summed E-state index contributed by atoms with van der Waals surface area (Å²) in [6.45, 7) is 15.6. The Morgan fingerprint density at radius 2 is 0.862 bits per heavy atom. The Balaban J connectivity index is 0.000000341. The largest absolute Gasteiger partial charge is 0.496 e. The van der Waals surface area contributed by atoms with E-state index in [1.54, 1.807) is 130 Å². The fraction of sp³-hybridized carbons (Fsp3) is 0.507. The Hall–Kier alpha value is -9.26. The van der Waals surface area contributed by atoms with Gasteiger partial charge in [0.15, 0.2) is 11.6 Å². The highest BCUT2D eigenvalue weighted by Crippen LogP contribution is 2.42. The number of rotatable bonds is 16. The van der Waals surface area contributed by atoms with E-state index in [9.17, 15) is 47.9 Å².